The molecule has 2 fully saturated rings. The number of carboxylic acid groups (broad SMARTS) is 2. The van der Waals surface area contributed by atoms with E-state index in [1.807, 2.05) is 0 Å². The number of ether oxygens (including phenoxy) is 1. The number of carbonyl (C=O) groups excluding carboxylic acids is 1. The van der Waals surface area contributed by atoms with Crippen molar-refractivity contribution >= 4 is 17.9 Å². The monoisotopic (exact) mass is 462 g/mol. The van der Waals surface area contributed by atoms with Crippen LogP contribution in [-0.2, 0) is 20.8 Å². The number of rotatable bonds is 8. The first-order valence-corrected chi connectivity index (χ1v) is 12.0. The Labute approximate surface area is 195 Å². The minimum absolute atomic E-state index is 0.0329. The zero-order chi connectivity index (χ0) is 24.2. The zero-order valence-corrected chi connectivity index (χ0v) is 19.3. The van der Waals surface area contributed by atoms with Crippen LogP contribution in [0.25, 0.3) is 0 Å². The molecule has 0 saturated heterocycles. The van der Waals surface area contributed by atoms with Crippen LogP contribution in [0, 0.1) is 23.7 Å². The number of hydrogen-bond donors (Lipinski definition) is 4. The van der Waals surface area contributed by atoms with Crippen molar-refractivity contribution in [1.82, 2.24) is 0 Å². The Morgan fingerprint density at radius 1 is 0.788 bits per heavy atom. The Kier molecular flexibility index (Phi) is 11.3. The van der Waals surface area contributed by atoms with E-state index in [2.05, 4.69) is 0 Å². The van der Waals surface area contributed by atoms with E-state index in [0.717, 1.165) is 56.9 Å². The van der Waals surface area contributed by atoms with E-state index in [1.54, 1.807) is 24.3 Å². The lowest BCUT2D eigenvalue weighted by Crippen LogP contribution is -2.28. The molecule has 0 bridgehead atoms. The van der Waals surface area contributed by atoms with Crippen molar-refractivity contribution < 1.29 is 29.3 Å². The average Bonchev–Trinajstić information content (AvgIpc) is 2.84. The maximum absolute atomic E-state index is 12.1. The van der Waals surface area contributed by atoms with Crippen LogP contribution in [0.1, 0.15) is 63.4 Å². The summed E-state index contributed by atoms with van der Waals surface area (Å²) in [5, 5.41) is 17.3. The highest BCUT2D eigenvalue weighted by Gasteiger charge is 2.27. The van der Waals surface area contributed by atoms with Crippen molar-refractivity contribution in [1.29, 1.82) is 0 Å². The summed E-state index contributed by atoms with van der Waals surface area (Å²) in [6.07, 6.45) is 7.87. The van der Waals surface area contributed by atoms with Gasteiger partial charge in [-0.3, -0.25) is 14.4 Å². The van der Waals surface area contributed by atoms with Gasteiger partial charge in [0.05, 0.1) is 11.8 Å². The molecule has 2 aliphatic carbocycles. The molecule has 33 heavy (non-hydrogen) atoms. The second-order valence-corrected chi connectivity index (χ2v) is 9.20. The molecule has 0 amide bonds. The molecule has 2 aliphatic rings. The summed E-state index contributed by atoms with van der Waals surface area (Å²) in [6.45, 7) is 1.41. The topological polar surface area (TPSA) is 153 Å². The predicted molar refractivity (Wildman–Crippen MR) is 125 cm³/mol. The normalized spacial score (nSPS) is 24.8. The third-order valence-electron chi connectivity index (χ3n) is 6.81. The molecule has 0 spiro atoms. The SMILES string of the molecule is NCC1CCC(C(=O)O)CC1.NCC1CCC(C(=O)Oc2ccc(CCC(=O)O)cc2)CC1. The van der Waals surface area contributed by atoms with E-state index >= 15 is 0 Å². The van der Waals surface area contributed by atoms with Gasteiger partial charge in [0, 0.05) is 6.42 Å². The molecule has 2 saturated carbocycles. The lowest BCUT2D eigenvalue weighted by Gasteiger charge is -2.26. The number of carbonyl (C=O) groups is 3. The predicted octanol–water partition coefficient (Wildman–Crippen LogP) is 3.21. The lowest BCUT2D eigenvalue weighted by molar-refractivity contribution is -0.143. The largest absolute Gasteiger partial charge is 0.481 e. The Morgan fingerprint density at radius 3 is 1.70 bits per heavy atom. The summed E-state index contributed by atoms with van der Waals surface area (Å²) >= 11 is 0. The fourth-order valence-electron chi connectivity index (χ4n) is 4.45. The molecule has 0 radical (unpaired) electrons. The van der Waals surface area contributed by atoms with Gasteiger partial charge in [0.2, 0.25) is 0 Å². The molecule has 0 atom stereocenters. The molecule has 8 heteroatoms. The van der Waals surface area contributed by atoms with E-state index < -0.39 is 11.9 Å². The summed E-state index contributed by atoms with van der Waals surface area (Å²) in [5.41, 5.74) is 12.1. The van der Waals surface area contributed by atoms with Gasteiger partial charge in [-0.05, 0) is 100 Å². The number of aliphatic carboxylic acids is 2. The molecular formula is C25H38N2O6. The van der Waals surface area contributed by atoms with E-state index in [9.17, 15) is 14.4 Å². The minimum Gasteiger partial charge on any atom is -0.481 e. The highest BCUT2D eigenvalue weighted by molar-refractivity contribution is 5.75. The summed E-state index contributed by atoms with van der Waals surface area (Å²) in [5.74, 6) is -0.127. The third-order valence-corrected chi connectivity index (χ3v) is 6.81. The molecule has 8 nitrogen and oxygen atoms in total. The maximum Gasteiger partial charge on any atom is 0.314 e. The first-order valence-electron chi connectivity index (χ1n) is 12.0. The fourth-order valence-corrected chi connectivity index (χ4v) is 4.45. The molecule has 0 aliphatic heterocycles. The number of carboxylic acids is 2. The van der Waals surface area contributed by atoms with Crippen LogP contribution in [0.5, 0.6) is 5.75 Å². The summed E-state index contributed by atoms with van der Waals surface area (Å²) in [7, 11) is 0. The van der Waals surface area contributed by atoms with Crippen LogP contribution in [0.15, 0.2) is 24.3 Å². The zero-order valence-electron chi connectivity index (χ0n) is 19.3. The lowest BCUT2D eigenvalue weighted by atomic mass is 9.82. The van der Waals surface area contributed by atoms with Crippen LogP contribution >= 0.6 is 0 Å². The number of aryl methyl sites for hydroxylation is 1. The minimum atomic E-state index is -0.816. The van der Waals surface area contributed by atoms with E-state index in [4.69, 9.17) is 26.4 Å². The first-order chi connectivity index (χ1) is 15.8. The van der Waals surface area contributed by atoms with Crippen molar-refractivity contribution in [2.45, 2.75) is 64.2 Å². The highest BCUT2D eigenvalue weighted by atomic mass is 16.5. The van der Waals surface area contributed by atoms with E-state index in [0.29, 0.717) is 37.1 Å². The van der Waals surface area contributed by atoms with Crippen LogP contribution in [0.4, 0.5) is 0 Å². The molecule has 184 valence electrons. The Hall–Kier alpha value is -2.45. The van der Waals surface area contributed by atoms with Crippen molar-refractivity contribution in [3.8, 4) is 5.75 Å². The molecule has 1 aromatic carbocycles. The molecule has 0 aromatic heterocycles. The first kappa shape index (κ1) is 26.8. The van der Waals surface area contributed by atoms with Gasteiger partial charge in [-0.1, -0.05) is 12.1 Å². The maximum atomic E-state index is 12.1. The number of nitrogens with two attached hydrogens (primary N) is 2. The van der Waals surface area contributed by atoms with Gasteiger partial charge in [0.25, 0.3) is 0 Å². The van der Waals surface area contributed by atoms with Crippen molar-refractivity contribution in [2.75, 3.05) is 13.1 Å². The van der Waals surface area contributed by atoms with E-state index in [-0.39, 0.29) is 24.2 Å². The second kappa shape index (κ2) is 14.0. The van der Waals surface area contributed by atoms with Crippen molar-refractivity contribution in [3.05, 3.63) is 29.8 Å². The third kappa shape index (κ3) is 9.52. The smallest absolute Gasteiger partial charge is 0.314 e. The Balaban J connectivity index is 0.000000294. The van der Waals surface area contributed by atoms with Crippen LogP contribution < -0.4 is 16.2 Å². The summed E-state index contributed by atoms with van der Waals surface area (Å²) in [4.78, 5) is 33.2. The van der Waals surface area contributed by atoms with Gasteiger partial charge in [0.15, 0.2) is 0 Å². The molecule has 3 rings (SSSR count). The van der Waals surface area contributed by atoms with Crippen LogP contribution in [-0.4, -0.2) is 41.2 Å². The molecular weight excluding hydrogens is 424 g/mol. The second-order valence-electron chi connectivity index (χ2n) is 9.20. The number of esters is 1. The molecule has 0 unspecified atom stereocenters. The fraction of sp³-hybridized carbons (Fsp3) is 0.640. The molecule has 6 N–H and O–H groups in total. The van der Waals surface area contributed by atoms with Crippen LogP contribution in [0.2, 0.25) is 0 Å². The Bertz CT molecular complexity index is 751. The number of benzene rings is 1. The van der Waals surface area contributed by atoms with Gasteiger partial charge in [-0.15, -0.1) is 0 Å². The summed E-state index contributed by atoms with van der Waals surface area (Å²) < 4.78 is 5.42. The summed E-state index contributed by atoms with van der Waals surface area (Å²) in [6, 6.07) is 7.05. The van der Waals surface area contributed by atoms with E-state index in [1.165, 1.54) is 0 Å². The van der Waals surface area contributed by atoms with Crippen LogP contribution in [0.3, 0.4) is 0 Å². The highest BCUT2D eigenvalue weighted by Crippen LogP contribution is 2.30. The van der Waals surface area contributed by atoms with Gasteiger partial charge >= 0.3 is 17.9 Å². The molecule has 0 heterocycles. The van der Waals surface area contributed by atoms with Gasteiger partial charge in [-0.25, -0.2) is 0 Å². The van der Waals surface area contributed by atoms with Gasteiger partial charge < -0.3 is 26.4 Å². The Morgan fingerprint density at radius 2 is 1.27 bits per heavy atom. The van der Waals surface area contributed by atoms with Gasteiger partial charge in [-0.2, -0.15) is 0 Å². The van der Waals surface area contributed by atoms with Crippen molar-refractivity contribution in [3.63, 3.8) is 0 Å². The number of hydrogen-bond acceptors (Lipinski definition) is 6. The van der Waals surface area contributed by atoms with Crippen molar-refractivity contribution in [2.24, 2.45) is 35.1 Å². The quantitative estimate of drug-likeness (QED) is 0.339. The standard InChI is InChI=1S/C17H23NO4.C8H15NO2/c18-11-13-1-6-14(7-2-13)17(21)22-15-8-3-12(4-9-15)5-10-16(19)20;9-5-6-1-3-7(4-2-6)8(10)11/h3-4,8-9,13-14H,1-2,5-7,10-11,18H2,(H,19,20);6-7H,1-5,9H2,(H,10,11). The van der Waals surface area contributed by atoms with Gasteiger partial charge in [0.1, 0.15) is 5.75 Å². The molecule has 1 aromatic rings. The average molecular weight is 463 g/mol.